The van der Waals surface area contributed by atoms with Gasteiger partial charge in [-0.2, -0.15) is 0 Å². The van der Waals surface area contributed by atoms with E-state index in [0.29, 0.717) is 0 Å². The Balaban J connectivity index is 1.44. The van der Waals surface area contributed by atoms with Crippen molar-refractivity contribution < 1.29 is 8.83 Å². The number of rotatable bonds is 2. The summed E-state index contributed by atoms with van der Waals surface area (Å²) in [7, 11) is 0. The van der Waals surface area contributed by atoms with Crippen LogP contribution in [0.1, 0.15) is 0 Å². The van der Waals surface area contributed by atoms with E-state index in [0.717, 1.165) is 38.5 Å². The molecule has 0 aliphatic rings. The Bertz CT molecular complexity index is 2680. The molecule has 0 amide bonds. The minimum Gasteiger partial charge on any atom is -0.464 e. The largest absolute Gasteiger partial charge is 0.464 e. The van der Waals surface area contributed by atoms with Crippen LogP contribution in [-0.4, -0.2) is 0 Å². The highest BCUT2D eigenvalue weighted by atomic mass is 32.1. The summed E-state index contributed by atoms with van der Waals surface area (Å²) in [5.41, 5.74) is 7.46. The zero-order chi connectivity index (χ0) is 28.1. The Morgan fingerprint density at radius 2 is 1.02 bits per heavy atom. The minimum absolute atomic E-state index is 0.827. The summed E-state index contributed by atoms with van der Waals surface area (Å²) in [6.45, 7) is 0. The van der Waals surface area contributed by atoms with Crippen LogP contribution in [0.15, 0.2) is 142 Å². The maximum atomic E-state index is 6.43. The van der Waals surface area contributed by atoms with E-state index in [1.807, 2.05) is 29.5 Å². The summed E-state index contributed by atoms with van der Waals surface area (Å²) < 4.78 is 15.1. The molecule has 0 aliphatic heterocycles. The predicted octanol–water partition coefficient (Wildman–Crippen LogP) is 12.3. The molecule has 2 nitrogen and oxygen atoms in total. The van der Waals surface area contributed by atoms with Crippen molar-refractivity contribution in [3.63, 3.8) is 0 Å². The Kier molecular flexibility index (Phi) is 4.63. The van der Waals surface area contributed by atoms with Gasteiger partial charge in [-0.25, -0.2) is 0 Å². The quantitative estimate of drug-likeness (QED) is 0.195. The highest BCUT2D eigenvalue weighted by Gasteiger charge is 2.24. The van der Waals surface area contributed by atoms with Crippen LogP contribution in [0.5, 0.6) is 0 Å². The lowest BCUT2D eigenvalue weighted by Gasteiger charge is -2.19. The molecular weight excluding hydrogens is 545 g/mol. The van der Waals surface area contributed by atoms with Crippen molar-refractivity contribution in [2.24, 2.45) is 0 Å². The molecule has 43 heavy (non-hydrogen) atoms. The summed E-state index contributed by atoms with van der Waals surface area (Å²) in [5, 5.41) is 10.9. The summed E-state index contributed by atoms with van der Waals surface area (Å²) >= 11 is 1.87. The minimum atomic E-state index is 0.827. The van der Waals surface area contributed by atoms with E-state index < -0.39 is 0 Å². The van der Waals surface area contributed by atoms with Gasteiger partial charge in [0.25, 0.3) is 0 Å². The molecule has 0 aliphatic carbocycles. The third-order valence-corrected chi connectivity index (χ3v) is 10.1. The number of benzene rings is 7. The number of para-hydroxylation sites is 1. The summed E-state index contributed by atoms with van der Waals surface area (Å²) in [6.07, 6.45) is 1.79. The second-order valence-corrected chi connectivity index (χ2v) is 12.3. The molecule has 0 spiro atoms. The lowest BCUT2D eigenvalue weighted by Crippen LogP contribution is -1.92. The number of thiophene rings is 1. The molecule has 0 N–H and O–H groups in total. The van der Waals surface area contributed by atoms with Crippen LogP contribution < -0.4 is 0 Å². The maximum Gasteiger partial charge on any atom is 0.139 e. The number of furan rings is 2. The number of hydrogen-bond donors (Lipinski definition) is 0. The fourth-order valence-corrected chi connectivity index (χ4v) is 8.38. The Hall–Kier alpha value is -5.38. The van der Waals surface area contributed by atoms with Crippen LogP contribution in [0.2, 0.25) is 0 Å². The molecule has 3 heterocycles. The number of hydrogen-bond acceptors (Lipinski definition) is 3. The molecule has 0 fully saturated rings. The molecule has 200 valence electrons. The van der Waals surface area contributed by atoms with E-state index in [-0.39, 0.29) is 0 Å². The van der Waals surface area contributed by atoms with Gasteiger partial charge in [-0.05, 0) is 62.5 Å². The van der Waals surface area contributed by atoms with E-state index in [9.17, 15) is 0 Å². The zero-order valence-electron chi connectivity index (χ0n) is 22.9. The summed E-state index contributed by atoms with van der Waals surface area (Å²) in [6, 6.07) is 45.8. The first kappa shape index (κ1) is 23.2. The van der Waals surface area contributed by atoms with Crippen LogP contribution in [-0.2, 0) is 0 Å². The van der Waals surface area contributed by atoms with Crippen LogP contribution in [0.25, 0.3) is 96.9 Å². The normalized spacial score (nSPS) is 12.2. The first-order valence-electron chi connectivity index (χ1n) is 14.5. The predicted molar refractivity (Wildman–Crippen MR) is 182 cm³/mol. The van der Waals surface area contributed by atoms with Gasteiger partial charge in [-0.3, -0.25) is 0 Å². The highest BCUT2D eigenvalue weighted by Crippen LogP contribution is 2.51. The molecule has 0 bridgehead atoms. The maximum absolute atomic E-state index is 6.43. The monoisotopic (exact) mass is 566 g/mol. The standard InChI is InChI=1S/C40H22O2S/c1-3-12-25-23(10-1)36(30-16-9-19-35-37(30)29-15-6-8-18-34(29)43-35)24-11-2-4-13-26(24)38(25)40-28-20-21-41-32(28)22-33-39(40)27-14-5-7-17-31(27)42-33/h1-22H. The molecular formula is C40H22O2S. The lowest BCUT2D eigenvalue weighted by atomic mass is 9.83. The highest BCUT2D eigenvalue weighted by molar-refractivity contribution is 7.25. The Labute approximate surface area is 250 Å². The van der Waals surface area contributed by atoms with Crippen LogP contribution in [0.3, 0.4) is 0 Å². The average molecular weight is 567 g/mol. The van der Waals surface area contributed by atoms with Gasteiger partial charge in [0.2, 0.25) is 0 Å². The first-order valence-corrected chi connectivity index (χ1v) is 15.3. The van der Waals surface area contributed by atoms with E-state index in [4.69, 9.17) is 8.83 Å². The van der Waals surface area contributed by atoms with Gasteiger partial charge in [-0.15, -0.1) is 11.3 Å². The molecule has 0 radical (unpaired) electrons. The summed E-state index contributed by atoms with van der Waals surface area (Å²) in [5.74, 6) is 0. The van der Waals surface area contributed by atoms with Crippen molar-refractivity contribution in [3.8, 4) is 22.3 Å². The molecule has 10 rings (SSSR count). The van der Waals surface area contributed by atoms with E-state index >= 15 is 0 Å². The van der Waals surface area contributed by atoms with Crippen LogP contribution >= 0.6 is 11.3 Å². The first-order chi connectivity index (χ1) is 21.3. The lowest BCUT2D eigenvalue weighted by molar-refractivity contribution is 0.613. The van der Waals surface area contributed by atoms with Crippen molar-refractivity contribution in [1.82, 2.24) is 0 Å². The molecule has 3 heteroatoms. The van der Waals surface area contributed by atoms with Crippen molar-refractivity contribution in [3.05, 3.63) is 134 Å². The average Bonchev–Trinajstić information content (AvgIpc) is 3.78. The molecule has 7 aromatic carbocycles. The zero-order valence-corrected chi connectivity index (χ0v) is 23.7. The molecule has 0 saturated carbocycles. The van der Waals surface area contributed by atoms with Crippen LogP contribution in [0.4, 0.5) is 0 Å². The molecule has 0 saturated heterocycles. The molecule has 0 unspecified atom stereocenters. The Morgan fingerprint density at radius 3 is 1.79 bits per heavy atom. The molecule has 0 atom stereocenters. The van der Waals surface area contributed by atoms with Crippen molar-refractivity contribution >= 4 is 86.0 Å². The van der Waals surface area contributed by atoms with Gasteiger partial charge in [0, 0.05) is 48.0 Å². The van der Waals surface area contributed by atoms with Gasteiger partial charge in [0.15, 0.2) is 0 Å². The summed E-state index contributed by atoms with van der Waals surface area (Å²) in [4.78, 5) is 0. The third-order valence-electron chi connectivity index (χ3n) is 8.95. The van der Waals surface area contributed by atoms with E-state index in [2.05, 4.69) is 109 Å². The Morgan fingerprint density at radius 1 is 0.395 bits per heavy atom. The fourth-order valence-electron chi connectivity index (χ4n) is 7.25. The molecule has 10 aromatic rings. The SMILES string of the molecule is c1ccc2c(c1)oc1cc3occc3c(-c3c4ccccc4c(-c4cccc5sc6ccccc6c45)c4ccccc34)c12. The van der Waals surface area contributed by atoms with E-state index in [1.54, 1.807) is 6.26 Å². The number of fused-ring (bicyclic) bond motifs is 9. The van der Waals surface area contributed by atoms with Gasteiger partial charge in [0.1, 0.15) is 16.7 Å². The second-order valence-electron chi connectivity index (χ2n) is 11.2. The van der Waals surface area contributed by atoms with Gasteiger partial charge in [0.05, 0.1) is 6.26 Å². The van der Waals surface area contributed by atoms with Crippen molar-refractivity contribution in [1.29, 1.82) is 0 Å². The van der Waals surface area contributed by atoms with Gasteiger partial charge >= 0.3 is 0 Å². The van der Waals surface area contributed by atoms with Gasteiger partial charge in [-0.1, -0.05) is 97.1 Å². The smallest absolute Gasteiger partial charge is 0.139 e. The van der Waals surface area contributed by atoms with E-state index in [1.165, 1.54) is 58.4 Å². The van der Waals surface area contributed by atoms with Crippen molar-refractivity contribution in [2.45, 2.75) is 0 Å². The molecule has 3 aromatic heterocycles. The van der Waals surface area contributed by atoms with Crippen molar-refractivity contribution in [2.75, 3.05) is 0 Å². The van der Waals surface area contributed by atoms with Crippen LogP contribution in [0, 0.1) is 0 Å². The fraction of sp³-hybridized carbons (Fsp3) is 0. The third kappa shape index (κ3) is 3.12. The second kappa shape index (κ2) is 8.57. The topological polar surface area (TPSA) is 26.3 Å². The van der Waals surface area contributed by atoms with Gasteiger partial charge < -0.3 is 8.83 Å².